The lowest BCUT2D eigenvalue weighted by molar-refractivity contribution is 0.0789. The quantitative estimate of drug-likeness (QED) is 0.628. The highest BCUT2D eigenvalue weighted by molar-refractivity contribution is 6.30. The Morgan fingerprint density at radius 3 is 2.67 bits per heavy atom. The molecule has 0 saturated carbocycles. The molecule has 1 aromatic heterocycles. The number of aliphatic hydroxyl groups excluding tert-OH is 1. The molecule has 1 amide bonds. The van der Waals surface area contributed by atoms with Gasteiger partial charge in [0, 0.05) is 35.8 Å². The standard InChI is InChI=1S/C22H23ClN4O3/c23-19-5-1-16(2-6-19)18-9-11-26(13-18)22(29)17-3-7-21(8-4-17)30-15-20(28)14-27-12-10-24-25-27/h1-8,10,12,18,20,28H,9,11,13-15H2/t18-,20?/m0/s1. The van der Waals surface area contributed by atoms with Crippen LogP contribution in [0.3, 0.4) is 0 Å². The zero-order valence-corrected chi connectivity index (χ0v) is 17.2. The van der Waals surface area contributed by atoms with Crippen LogP contribution in [-0.4, -0.2) is 56.7 Å². The number of halogens is 1. The van der Waals surface area contributed by atoms with Gasteiger partial charge in [-0.2, -0.15) is 0 Å². The number of ether oxygens (including phenoxy) is 1. The molecule has 156 valence electrons. The molecule has 1 aliphatic heterocycles. The summed E-state index contributed by atoms with van der Waals surface area (Å²) in [5.74, 6) is 0.953. The molecule has 1 fully saturated rings. The third-order valence-electron chi connectivity index (χ3n) is 5.23. The third-order valence-corrected chi connectivity index (χ3v) is 5.48. The number of aliphatic hydroxyl groups is 1. The molecule has 7 nitrogen and oxygen atoms in total. The second-order valence-corrected chi connectivity index (χ2v) is 7.84. The van der Waals surface area contributed by atoms with Crippen molar-refractivity contribution < 1.29 is 14.6 Å². The molecule has 0 spiro atoms. The molecule has 0 radical (unpaired) electrons. The summed E-state index contributed by atoms with van der Waals surface area (Å²) in [5.41, 5.74) is 1.84. The Hall–Kier alpha value is -2.90. The lowest BCUT2D eigenvalue weighted by atomic mass is 9.99. The van der Waals surface area contributed by atoms with Crippen LogP contribution >= 0.6 is 11.6 Å². The van der Waals surface area contributed by atoms with Crippen LogP contribution in [0.1, 0.15) is 28.3 Å². The summed E-state index contributed by atoms with van der Waals surface area (Å²) < 4.78 is 7.16. The van der Waals surface area contributed by atoms with Crippen LogP contribution in [0, 0.1) is 0 Å². The van der Waals surface area contributed by atoms with Gasteiger partial charge in [-0.05, 0) is 48.4 Å². The number of carbonyl (C=O) groups is 1. The minimum absolute atomic E-state index is 0.0178. The second-order valence-electron chi connectivity index (χ2n) is 7.40. The number of benzene rings is 2. The Morgan fingerprint density at radius 1 is 1.20 bits per heavy atom. The number of likely N-dealkylation sites (tertiary alicyclic amines) is 1. The summed E-state index contributed by atoms with van der Waals surface area (Å²) in [6, 6.07) is 14.9. The second kappa shape index (κ2) is 9.28. The summed E-state index contributed by atoms with van der Waals surface area (Å²) in [6.45, 7) is 1.87. The van der Waals surface area contributed by atoms with Gasteiger partial charge in [0.15, 0.2) is 0 Å². The fraction of sp³-hybridized carbons (Fsp3) is 0.318. The van der Waals surface area contributed by atoms with Gasteiger partial charge in [-0.15, -0.1) is 5.10 Å². The van der Waals surface area contributed by atoms with Crippen molar-refractivity contribution in [1.82, 2.24) is 19.9 Å². The number of hydrogen-bond donors (Lipinski definition) is 1. The van der Waals surface area contributed by atoms with Gasteiger partial charge in [0.1, 0.15) is 18.5 Å². The van der Waals surface area contributed by atoms with E-state index in [0.29, 0.717) is 30.3 Å². The highest BCUT2D eigenvalue weighted by Gasteiger charge is 2.28. The SMILES string of the molecule is O=C(c1ccc(OCC(O)Cn2ccnn2)cc1)N1CC[C@H](c2ccc(Cl)cc2)C1. The smallest absolute Gasteiger partial charge is 0.253 e. The molecule has 2 aromatic carbocycles. The molecular formula is C22H23ClN4O3. The lowest BCUT2D eigenvalue weighted by Gasteiger charge is -2.17. The number of hydrogen-bond acceptors (Lipinski definition) is 5. The van der Waals surface area contributed by atoms with Crippen LogP contribution in [-0.2, 0) is 6.54 Å². The van der Waals surface area contributed by atoms with Gasteiger partial charge in [0.2, 0.25) is 0 Å². The van der Waals surface area contributed by atoms with E-state index in [2.05, 4.69) is 10.3 Å². The fourth-order valence-corrected chi connectivity index (χ4v) is 3.75. The first-order valence-corrected chi connectivity index (χ1v) is 10.3. The molecule has 3 aromatic rings. The molecule has 1 unspecified atom stereocenters. The molecule has 30 heavy (non-hydrogen) atoms. The van der Waals surface area contributed by atoms with Gasteiger partial charge in [0.05, 0.1) is 12.7 Å². The largest absolute Gasteiger partial charge is 0.491 e. The minimum Gasteiger partial charge on any atom is -0.491 e. The van der Waals surface area contributed by atoms with E-state index < -0.39 is 6.10 Å². The van der Waals surface area contributed by atoms with Crippen LogP contribution in [0.2, 0.25) is 5.02 Å². The average molecular weight is 427 g/mol. The zero-order chi connectivity index (χ0) is 20.9. The summed E-state index contributed by atoms with van der Waals surface area (Å²) in [7, 11) is 0. The third kappa shape index (κ3) is 4.98. The van der Waals surface area contributed by atoms with Gasteiger partial charge >= 0.3 is 0 Å². The maximum atomic E-state index is 12.8. The predicted octanol–water partition coefficient (Wildman–Crippen LogP) is 3.00. The minimum atomic E-state index is -0.706. The summed E-state index contributed by atoms with van der Waals surface area (Å²) in [4.78, 5) is 14.7. The molecule has 1 saturated heterocycles. The van der Waals surface area contributed by atoms with Crippen molar-refractivity contribution in [3.63, 3.8) is 0 Å². The van der Waals surface area contributed by atoms with E-state index in [-0.39, 0.29) is 12.5 Å². The first kappa shape index (κ1) is 20.4. The van der Waals surface area contributed by atoms with Crippen molar-refractivity contribution >= 4 is 17.5 Å². The molecule has 0 bridgehead atoms. The maximum absolute atomic E-state index is 12.8. The van der Waals surface area contributed by atoms with Crippen LogP contribution in [0.15, 0.2) is 60.9 Å². The van der Waals surface area contributed by atoms with Crippen LogP contribution in [0.25, 0.3) is 0 Å². The van der Waals surface area contributed by atoms with Gasteiger partial charge in [-0.1, -0.05) is 28.9 Å². The Balaban J connectivity index is 1.29. The monoisotopic (exact) mass is 426 g/mol. The topological polar surface area (TPSA) is 80.5 Å². The number of amides is 1. The Morgan fingerprint density at radius 2 is 1.97 bits per heavy atom. The Kier molecular flexibility index (Phi) is 6.30. The highest BCUT2D eigenvalue weighted by atomic mass is 35.5. The summed E-state index contributed by atoms with van der Waals surface area (Å²) in [6.07, 6.45) is 3.47. The van der Waals surface area contributed by atoms with Crippen LogP contribution in [0.5, 0.6) is 5.75 Å². The molecule has 0 aliphatic carbocycles. The fourth-order valence-electron chi connectivity index (χ4n) is 3.62. The first-order valence-electron chi connectivity index (χ1n) is 9.88. The molecular weight excluding hydrogens is 404 g/mol. The van der Waals surface area contributed by atoms with Gasteiger partial charge < -0.3 is 14.7 Å². The number of aromatic nitrogens is 3. The Bertz CT molecular complexity index is 961. The number of nitrogens with zero attached hydrogens (tertiary/aromatic N) is 4. The highest BCUT2D eigenvalue weighted by Crippen LogP contribution is 2.29. The van der Waals surface area contributed by atoms with Crippen molar-refractivity contribution in [2.24, 2.45) is 0 Å². The van der Waals surface area contributed by atoms with E-state index in [1.54, 1.807) is 41.3 Å². The molecule has 4 rings (SSSR count). The van der Waals surface area contributed by atoms with Crippen molar-refractivity contribution in [1.29, 1.82) is 0 Å². The van der Waals surface area contributed by atoms with Crippen molar-refractivity contribution in [2.75, 3.05) is 19.7 Å². The zero-order valence-electron chi connectivity index (χ0n) is 16.4. The van der Waals surface area contributed by atoms with Crippen molar-refractivity contribution in [3.8, 4) is 5.75 Å². The molecule has 2 heterocycles. The lowest BCUT2D eigenvalue weighted by Crippen LogP contribution is -2.28. The van der Waals surface area contributed by atoms with E-state index in [9.17, 15) is 9.90 Å². The normalized spacial score (nSPS) is 17.1. The first-order chi connectivity index (χ1) is 14.6. The summed E-state index contributed by atoms with van der Waals surface area (Å²) in [5, 5.41) is 18.3. The average Bonchev–Trinajstić information content (AvgIpc) is 3.45. The molecule has 1 aliphatic rings. The molecule has 8 heteroatoms. The van der Waals surface area contributed by atoms with Crippen LogP contribution < -0.4 is 4.74 Å². The van der Waals surface area contributed by atoms with E-state index in [1.165, 1.54) is 5.56 Å². The van der Waals surface area contributed by atoms with Gasteiger partial charge in [0.25, 0.3) is 5.91 Å². The van der Waals surface area contributed by atoms with E-state index in [4.69, 9.17) is 16.3 Å². The predicted molar refractivity (Wildman–Crippen MR) is 113 cm³/mol. The summed E-state index contributed by atoms with van der Waals surface area (Å²) >= 11 is 5.97. The van der Waals surface area contributed by atoms with E-state index >= 15 is 0 Å². The number of carbonyl (C=O) groups excluding carboxylic acids is 1. The molecule has 2 atom stereocenters. The van der Waals surface area contributed by atoms with E-state index in [0.717, 1.165) is 18.0 Å². The van der Waals surface area contributed by atoms with Crippen molar-refractivity contribution in [3.05, 3.63) is 77.1 Å². The number of rotatable bonds is 7. The van der Waals surface area contributed by atoms with Gasteiger partial charge in [-0.3, -0.25) is 4.79 Å². The van der Waals surface area contributed by atoms with Crippen molar-refractivity contribution in [2.45, 2.75) is 25.0 Å². The van der Waals surface area contributed by atoms with Crippen LogP contribution in [0.4, 0.5) is 0 Å². The van der Waals surface area contributed by atoms with E-state index in [1.807, 2.05) is 29.2 Å². The molecule has 1 N–H and O–H groups in total. The van der Waals surface area contributed by atoms with Gasteiger partial charge in [-0.25, -0.2) is 4.68 Å². The Labute approximate surface area is 179 Å². The maximum Gasteiger partial charge on any atom is 0.253 e.